The lowest BCUT2D eigenvalue weighted by Crippen LogP contribution is -2.18. The van der Waals surface area contributed by atoms with Gasteiger partial charge in [-0.25, -0.2) is 14.6 Å². The fourth-order valence-electron chi connectivity index (χ4n) is 1.91. The SMILES string of the molecule is CCCc1nc(NCC)cc(-n2ccc(C(=O)NC)n2)n1. The molecule has 0 aliphatic carbocycles. The maximum Gasteiger partial charge on any atom is 0.271 e. The quantitative estimate of drug-likeness (QED) is 0.839. The van der Waals surface area contributed by atoms with Crippen molar-refractivity contribution in [2.45, 2.75) is 26.7 Å². The van der Waals surface area contributed by atoms with Gasteiger partial charge in [-0.1, -0.05) is 6.92 Å². The Morgan fingerprint density at radius 3 is 2.81 bits per heavy atom. The Labute approximate surface area is 123 Å². The van der Waals surface area contributed by atoms with E-state index in [1.54, 1.807) is 24.0 Å². The number of aromatic nitrogens is 4. The first-order valence-corrected chi connectivity index (χ1v) is 7.07. The van der Waals surface area contributed by atoms with Crippen molar-refractivity contribution < 1.29 is 4.79 Å². The summed E-state index contributed by atoms with van der Waals surface area (Å²) in [6.07, 6.45) is 3.49. The molecule has 2 aromatic heterocycles. The molecule has 0 unspecified atom stereocenters. The average molecular weight is 288 g/mol. The van der Waals surface area contributed by atoms with Gasteiger partial charge in [-0.3, -0.25) is 4.79 Å². The largest absolute Gasteiger partial charge is 0.370 e. The van der Waals surface area contributed by atoms with E-state index in [-0.39, 0.29) is 5.91 Å². The van der Waals surface area contributed by atoms with Gasteiger partial charge in [0.15, 0.2) is 11.5 Å². The highest BCUT2D eigenvalue weighted by Gasteiger charge is 2.10. The van der Waals surface area contributed by atoms with Crippen molar-refractivity contribution in [3.8, 4) is 5.82 Å². The summed E-state index contributed by atoms with van der Waals surface area (Å²) < 4.78 is 1.59. The van der Waals surface area contributed by atoms with Gasteiger partial charge in [0.25, 0.3) is 5.91 Å². The monoisotopic (exact) mass is 288 g/mol. The van der Waals surface area contributed by atoms with Crippen molar-refractivity contribution in [1.29, 1.82) is 0 Å². The number of aryl methyl sites for hydroxylation is 1. The van der Waals surface area contributed by atoms with Crippen LogP contribution < -0.4 is 10.6 Å². The van der Waals surface area contributed by atoms with Gasteiger partial charge in [-0.15, -0.1) is 0 Å². The maximum atomic E-state index is 11.6. The van der Waals surface area contributed by atoms with Gasteiger partial charge < -0.3 is 10.6 Å². The lowest BCUT2D eigenvalue weighted by molar-refractivity contribution is 0.0957. The Morgan fingerprint density at radius 1 is 1.33 bits per heavy atom. The maximum absolute atomic E-state index is 11.6. The second-order valence-corrected chi connectivity index (χ2v) is 4.53. The van der Waals surface area contributed by atoms with Crippen molar-refractivity contribution >= 4 is 11.7 Å². The highest BCUT2D eigenvalue weighted by Crippen LogP contribution is 2.12. The van der Waals surface area contributed by atoms with Gasteiger partial charge in [-0.05, 0) is 19.4 Å². The fourth-order valence-corrected chi connectivity index (χ4v) is 1.91. The normalized spacial score (nSPS) is 10.4. The lowest BCUT2D eigenvalue weighted by Gasteiger charge is -2.08. The molecule has 0 saturated carbocycles. The topological polar surface area (TPSA) is 84.7 Å². The van der Waals surface area contributed by atoms with Crippen LogP contribution in [-0.2, 0) is 6.42 Å². The zero-order chi connectivity index (χ0) is 15.2. The predicted octanol–water partition coefficient (Wildman–Crippen LogP) is 1.41. The number of hydrogen-bond donors (Lipinski definition) is 2. The molecule has 2 rings (SSSR count). The molecule has 0 aliphatic heterocycles. The Hall–Kier alpha value is -2.44. The molecule has 0 aliphatic rings. The van der Waals surface area contributed by atoms with Gasteiger partial charge in [0.05, 0.1) is 0 Å². The van der Waals surface area contributed by atoms with Crippen LogP contribution in [0.15, 0.2) is 18.3 Å². The number of amides is 1. The molecular weight excluding hydrogens is 268 g/mol. The van der Waals surface area contributed by atoms with Gasteiger partial charge in [-0.2, -0.15) is 5.10 Å². The van der Waals surface area contributed by atoms with Crippen LogP contribution in [0, 0.1) is 0 Å². The second-order valence-electron chi connectivity index (χ2n) is 4.53. The zero-order valence-corrected chi connectivity index (χ0v) is 12.6. The van der Waals surface area contributed by atoms with Crippen LogP contribution in [0.4, 0.5) is 5.82 Å². The van der Waals surface area contributed by atoms with E-state index in [0.717, 1.165) is 31.0 Å². The van der Waals surface area contributed by atoms with Crippen molar-refractivity contribution in [2.24, 2.45) is 0 Å². The highest BCUT2D eigenvalue weighted by molar-refractivity contribution is 5.91. The number of carbonyl (C=O) groups is 1. The molecule has 7 nitrogen and oxygen atoms in total. The van der Waals surface area contributed by atoms with Crippen LogP contribution >= 0.6 is 0 Å². The molecule has 0 aromatic carbocycles. The Kier molecular flexibility index (Phi) is 4.86. The first-order chi connectivity index (χ1) is 10.2. The fraction of sp³-hybridized carbons (Fsp3) is 0.429. The van der Waals surface area contributed by atoms with Crippen LogP contribution in [0.3, 0.4) is 0 Å². The van der Waals surface area contributed by atoms with E-state index in [0.29, 0.717) is 11.5 Å². The molecule has 2 heterocycles. The Bertz CT molecular complexity index is 597. The summed E-state index contributed by atoms with van der Waals surface area (Å²) in [5.74, 6) is 1.97. The van der Waals surface area contributed by atoms with E-state index in [1.165, 1.54) is 0 Å². The summed E-state index contributed by atoms with van der Waals surface area (Å²) >= 11 is 0. The minimum Gasteiger partial charge on any atom is -0.370 e. The number of nitrogens with one attached hydrogen (secondary N) is 2. The summed E-state index contributed by atoms with van der Waals surface area (Å²) in [6.45, 7) is 4.88. The molecule has 7 heteroatoms. The third-order valence-corrected chi connectivity index (χ3v) is 2.87. The standard InChI is InChI=1S/C14H20N6O/c1-4-6-11-17-12(16-5-2)9-13(18-11)20-8-7-10(19-20)14(21)15-3/h7-9H,4-6H2,1-3H3,(H,15,21)(H,16,17,18). The predicted molar refractivity (Wildman–Crippen MR) is 80.7 cm³/mol. The van der Waals surface area contributed by atoms with E-state index in [9.17, 15) is 4.79 Å². The zero-order valence-electron chi connectivity index (χ0n) is 12.6. The molecule has 0 bridgehead atoms. The average Bonchev–Trinajstić information content (AvgIpc) is 2.97. The molecule has 112 valence electrons. The van der Waals surface area contributed by atoms with Crippen LogP contribution in [0.1, 0.15) is 36.6 Å². The molecule has 0 saturated heterocycles. The molecule has 0 radical (unpaired) electrons. The second kappa shape index (κ2) is 6.83. The number of carbonyl (C=O) groups excluding carboxylic acids is 1. The van der Waals surface area contributed by atoms with E-state index in [4.69, 9.17) is 0 Å². The molecule has 0 spiro atoms. The first-order valence-electron chi connectivity index (χ1n) is 7.07. The first kappa shape index (κ1) is 15.0. The Morgan fingerprint density at radius 2 is 2.14 bits per heavy atom. The van der Waals surface area contributed by atoms with Gasteiger partial charge >= 0.3 is 0 Å². The number of anilines is 1. The summed E-state index contributed by atoms with van der Waals surface area (Å²) in [5, 5.41) is 9.98. The molecule has 0 fully saturated rings. The Balaban J connectivity index is 2.37. The molecule has 2 aromatic rings. The van der Waals surface area contributed by atoms with Crippen LogP contribution in [0.2, 0.25) is 0 Å². The molecule has 1 amide bonds. The van der Waals surface area contributed by atoms with Gasteiger partial charge in [0.2, 0.25) is 0 Å². The summed E-state index contributed by atoms with van der Waals surface area (Å²) in [4.78, 5) is 20.5. The number of nitrogens with zero attached hydrogens (tertiary/aromatic N) is 4. The van der Waals surface area contributed by atoms with Crippen molar-refractivity contribution in [3.63, 3.8) is 0 Å². The van der Waals surface area contributed by atoms with Crippen molar-refractivity contribution in [2.75, 3.05) is 18.9 Å². The highest BCUT2D eigenvalue weighted by atomic mass is 16.1. The third-order valence-electron chi connectivity index (χ3n) is 2.87. The van der Waals surface area contributed by atoms with E-state index in [1.807, 2.05) is 13.0 Å². The smallest absolute Gasteiger partial charge is 0.271 e. The van der Waals surface area contributed by atoms with Crippen molar-refractivity contribution in [1.82, 2.24) is 25.1 Å². The molecule has 0 atom stereocenters. The minimum atomic E-state index is -0.219. The minimum absolute atomic E-state index is 0.219. The van der Waals surface area contributed by atoms with Crippen LogP contribution in [0.5, 0.6) is 0 Å². The van der Waals surface area contributed by atoms with E-state index in [2.05, 4.69) is 32.6 Å². The molecular formula is C14H20N6O. The number of rotatable bonds is 6. The molecule has 2 N–H and O–H groups in total. The summed E-state index contributed by atoms with van der Waals surface area (Å²) in [5.41, 5.74) is 0.359. The van der Waals surface area contributed by atoms with Gasteiger partial charge in [0.1, 0.15) is 11.6 Å². The van der Waals surface area contributed by atoms with Gasteiger partial charge in [0, 0.05) is 32.3 Å². The van der Waals surface area contributed by atoms with Crippen LogP contribution in [0.25, 0.3) is 5.82 Å². The van der Waals surface area contributed by atoms with E-state index < -0.39 is 0 Å². The summed E-state index contributed by atoms with van der Waals surface area (Å²) in [6, 6.07) is 3.48. The van der Waals surface area contributed by atoms with Crippen LogP contribution in [-0.4, -0.2) is 39.2 Å². The van der Waals surface area contributed by atoms with E-state index >= 15 is 0 Å². The third kappa shape index (κ3) is 3.56. The number of hydrogen-bond acceptors (Lipinski definition) is 5. The van der Waals surface area contributed by atoms with Crippen molar-refractivity contribution in [3.05, 3.63) is 29.8 Å². The molecule has 21 heavy (non-hydrogen) atoms. The summed E-state index contributed by atoms with van der Waals surface area (Å²) in [7, 11) is 1.58. The lowest BCUT2D eigenvalue weighted by atomic mass is 10.3.